The van der Waals surface area contributed by atoms with Crippen molar-refractivity contribution in [1.82, 2.24) is 0 Å². The summed E-state index contributed by atoms with van der Waals surface area (Å²) in [5, 5.41) is 0.271. The van der Waals surface area contributed by atoms with Gasteiger partial charge in [-0.3, -0.25) is 0 Å². The summed E-state index contributed by atoms with van der Waals surface area (Å²) in [5.41, 5.74) is 0. The first-order chi connectivity index (χ1) is 13.5. The van der Waals surface area contributed by atoms with Crippen LogP contribution < -0.4 is 0 Å². The molecule has 0 N–H and O–H groups in total. The first-order valence-corrected chi connectivity index (χ1v) is 22.7. The quantitative estimate of drug-likeness (QED) is 0.185. The monoisotopic (exact) mass is 534 g/mol. The van der Waals surface area contributed by atoms with Crippen molar-refractivity contribution in [3.63, 3.8) is 0 Å². The molecule has 0 saturated heterocycles. The number of ether oxygens (including phenoxy) is 1. The molecule has 0 aliphatic heterocycles. The van der Waals surface area contributed by atoms with E-state index in [4.69, 9.17) is 9.16 Å². The SMILES string of the molecule is CCC[CH2][Sn]([CH2]CCC)([CH2]CCC)/[C](C)=C/[C@H](CCO[Si](C)(C)C(C)(C)C)OC. The van der Waals surface area contributed by atoms with Crippen LogP contribution in [0, 0.1) is 0 Å². The summed E-state index contributed by atoms with van der Waals surface area (Å²) >= 11 is -2.30. The van der Waals surface area contributed by atoms with Crippen LogP contribution in [0.2, 0.25) is 31.4 Å². The van der Waals surface area contributed by atoms with Crippen molar-refractivity contribution in [3.8, 4) is 0 Å². The Morgan fingerprint density at radius 1 is 0.931 bits per heavy atom. The number of hydrogen-bond donors (Lipinski definition) is 0. The number of unbranched alkanes of at least 4 members (excludes halogenated alkanes) is 3. The van der Waals surface area contributed by atoms with Crippen LogP contribution in [0.5, 0.6) is 0 Å². The maximum absolute atomic E-state index is 6.43. The minimum atomic E-state index is -2.30. The molecule has 0 aliphatic carbocycles. The van der Waals surface area contributed by atoms with Crippen LogP contribution in [0.4, 0.5) is 0 Å². The molecule has 0 bridgehead atoms. The number of rotatable bonds is 16. The zero-order valence-corrected chi connectivity index (χ0v) is 25.6. The molecule has 0 aromatic rings. The van der Waals surface area contributed by atoms with Gasteiger partial charge in [0.05, 0.1) is 0 Å². The van der Waals surface area contributed by atoms with E-state index in [-0.39, 0.29) is 11.1 Å². The van der Waals surface area contributed by atoms with Gasteiger partial charge < -0.3 is 0 Å². The Hall–Kier alpha value is 0.676. The maximum atomic E-state index is 6.43. The summed E-state index contributed by atoms with van der Waals surface area (Å²) in [6.45, 7) is 22.0. The predicted molar refractivity (Wildman–Crippen MR) is 137 cm³/mol. The molecular formula is C25H54O2SiSn. The van der Waals surface area contributed by atoms with Gasteiger partial charge in [-0.05, 0) is 0 Å². The van der Waals surface area contributed by atoms with Gasteiger partial charge in [-0.2, -0.15) is 0 Å². The van der Waals surface area contributed by atoms with Crippen molar-refractivity contribution in [2.75, 3.05) is 13.7 Å². The number of hydrogen-bond acceptors (Lipinski definition) is 2. The van der Waals surface area contributed by atoms with Crippen molar-refractivity contribution < 1.29 is 9.16 Å². The van der Waals surface area contributed by atoms with E-state index in [2.05, 4.69) is 67.6 Å². The van der Waals surface area contributed by atoms with Crippen molar-refractivity contribution in [1.29, 1.82) is 0 Å². The predicted octanol–water partition coefficient (Wildman–Crippen LogP) is 8.75. The molecule has 0 saturated carbocycles. The molecule has 174 valence electrons. The standard InChI is InChI=1S/C13H27O2Si.3C4H9.Sn/c1-8-9-12(14-5)10-11-15-16(6,7)13(2,3)4;3*1-3-4-2;/h9,12H,10-11H2,1-7H3;3*1,3-4H2,2H3;/t12-;;;;/m1..../s1. The number of allylic oxidation sites excluding steroid dienone is 1. The second-order valence-electron chi connectivity index (χ2n) is 10.6. The molecule has 1 atom stereocenters. The average molecular weight is 534 g/mol. The summed E-state index contributed by atoms with van der Waals surface area (Å²) in [6.07, 6.45) is 12.0. The normalized spacial score (nSPS) is 15.0. The Labute approximate surface area is 189 Å². The van der Waals surface area contributed by atoms with Gasteiger partial charge in [-0.25, -0.2) is 0 Å². The topological polar surface area (TPSA) is 18.5 Å². The molecule has 0 heterocycles. The fraction of sp³-hybridized carbons (Fsp3) is 0.920. The summed E-state index contributed by atoms with van der Waals surface area (Å²) in [6, 6.07) is 0. The Morgan fingerprint density at radius 3 is 1.72 bits per heavy atom. The molecule has 0 spiro atoms. The minimum absolute atomic E-state index is 0.209. The van der Waals surface area contributed by atoms with E-state index in [0.717, 1.165) is 13.0 Å². The van der Waals surface area contributed by atoms with Gasteiger partial charge in [0.1, 0.15) is 0 Å². The van der Waals surface area contributed by atoms with E-state index in [1.165, 1.54) is 51.8 Å². The zero-order valence-electron chi connectivity index (χ0n) is 21.7. The Kier molecular flexibility index (Phi) is 15.0. The van der Waals surface area contributed by atoms with Crippen LogP contribution >= 0.6 is 0 Å². The van der Waals surface area contributed by atoms with Crippen molar-refractivity contribution in [2.45, 2.75) is 131 Å². The first-order valence-electron chi connectivity index (χ1n) is 12.3. The van der Waals surface area contributed by atoms with Gasteiger partial charge in [0, 0.05) is 0 Å². The summed E-state index contributed by atoms with van der Waals surface area (Å²) in [7, 11) is 0.200. The molecule has 0 aromatic carbocycles. The Balaban J connectivity index is 5.33. The molecule has 4 heteroatoms. The van der Waals surface area contributed by atoms with Crippen LogP contribution in [0.1, 0.15) is 93.4 Å². The van der Waals surface area contributed by atoms with Gasteiger partial charge >= 0.3 is 190 Å². The molecular weight excluding hydrogens is 479 g/mol. The third-order valence-electron chi connectivity index (χ3n) is 7.27. The van der Waals surface area contributed by atoms with Gasteiger partial charge in [-0.15, -0.1) is 0 Å². The van der Waals surface area contributed by atoms with Crippen LogP contribution in [0.3, 0.4) is 0 Å². The third-order valence-corrected chi connectivity index (χ3v) is 28.3. The van der Waals surface area contributed by atoms with Gasteiger partial charge in [0.15, 0.2) is 0 Å². The van der Waals surface area contributed by atoms with Crippen molar-refractivity contribution >= 4 is 26.7 Å². The number of methoxy groups -OCH3 is 1. The molecule has 29 heavy (non-hydrogen) atoms. The van der Waals surface area contributed by atoms with Gasteiger partial charge in [0.25, 0.3) is 0 Å². The van der Waals surface area contributed by atoms with E-state index in [0.29, 0.717) is 0 Å². The van der Waals surface area contributed by atoms with E-state index in [1.54, 1.807) is 3.59 Å². The van der Waals surface area contributed by atoms with E-state index >= 15 is 0 Å². The molecule has 0 rings (SSSR count). The molecule has 0 aromatic heterocycles. The van der Waals surface area contributed by atoms with Crippen LogP contribution in [0.25, 0.3) is 0 Å². The van der Waals surface area contributed by atoms with Crippen LogP contribution in [-0.2, 0) is 9.16 Å². The van der Waals surface area contributed by atoms with E-state index in [9.17, 15) is 0 Å². The summed E-state index contributed by atoms with van der Waals surface area (Å²) in [4.78, 5) is 0. The molecule has 0 unspecified atom stereocenters. The zero-order chi connectivity index (χ0) is 22.6. The molecule has 0 amide bonds. The summed E-state index contributed by atoms with van der Waals surface area (Å²) < 4.78 is 18.7. The summed E-state index contributed by atoms with van der Waals surface area (Å²) in [5.74, 6) is 0. The molecule has 2 nitrogen and oxygen atoms in total. The molecule has 0 radical (unpaired) electrons. The van der Waals surface area contributed by atoms with Crippen molar-refractivity contribution in [2.24, 2.45) is 0 Å². The average Bonchev–Trinajstić information content (AvgIpc) is 2.65. The molecule has 0 aliphatic rings. The fourth-order valence-electron chi connectivity index (χ4n) is 3.88. The van der Waals surface area contributed by atoms with Gasteiger partial charge in [-0.1, -0.05) is 0 Å². The molecule has 0 fully saturated rings. The van der Waals surface area contributed by atoms with E-state index < -0.39 is 26.7 Å². The second kappa shape index (κ2) is 14.7. The van der Waals surface area contributed by atoms with Crippen LogP contribution in [-0.4, -0.2) is 46.5 Å². The third kappa shape index (κ3) is 10.7. The second-order valence-corrected chi connectivity index (χ2v) is 29.3. The van der Waals surface area contributed by atoms with Gasteiger partial charge in [0.2, 0.25) is 0 Å². The Bertz CT molecular complexity index is 432. The fourth-order valence-corrected chi connectivity index (χ4v) is 20.8. The van der Waals surface area contributed by atoms with Crippen LogP contribution in [0.15, 0.2) is 9.67 Å². The first kappa shape index (κ1) is 29.7. The van der Waals surface area contributed by atoms with Crippen molar-refractivity contribution in [3.05, 3.63) is 9.67 Å². The van der Waals surface area contributed by atoms with E-state index in [1.807, 2.05) is 7.11 Å². The Morgan fingerprint density at radius 2 is 1.38 bits per heavy atom.